The molecule has 0 saturated carbocycles. The van der Waals surface area contributed by atoms with E-state index in [1.807, 2.05) is 6.92 Å². The molecule has 0 aromatic carbocycles. The van der Waals surface area contributed by atoms with Crippen molar-refractivity contribution in [1.82, 2.24) is 0 Å². The Balaban J connectivity index is 3.68. The second-order valence-electron chi connectivity index (χ2n) is 2.44. The fourth-order valence-electron chi connectivity index (χ4n) is 0.735. The van der Waals surface area contributed by atoms with E-state index in [9.17, 15) is 8.42 Å². The minimum Gasteiger partial charge on any atom is -0.300 e. The third kappa shape index (κ3) is 5.86. The molecule has 0 atom stereocenters. The van der Waals surface area contributed by atoms with Gasteiger partial charge in [0.15, 0.2) is 0 Å². The number of rotatable bonds is 5. The number of unbranched alkanes of at least 4 members (excludes halogenated alkanes) is 2. The molecule has 0 fully saturated rings. The van der Waals surface area contributed by atoms with Gasteiger partial charge in [0.1, 0.15) is 0 Å². The second-order valence-corrected chi connectivity index (χ2v) is 4.60. The number of hydrogen-bond donors (Lipinski definition) is 0. The maximum atomic E-state index is 10.9. The number of hydrogen-bond acceptors (Lipinski definition) is 2. The molecule has 0 N–H and O–H groups in total. The largest absolute Gasteiger partial charge is 0.312 e. The maximum absolute atomic E-state index is 10.9. The third-order valence-corrected chi connectivity index (χ3v) is 2.75. The van der Waals surface area contributed by atoms with E-state index in [0.717, 1.165) is 12.8 Å². The van der Waals surface area contributed by atoms with Crippen molar-refractivity contribution in [3.8, 4) is 0 Å². The summed E-state index contributed by atoms with van der Waals surface area (Å²) in [6, 6.07) is 0. The molecule has 0 amide bonds. The molecule has 0 spiro atoms. The van der Waals surface area contributed by atoms with Crippen LogP contribution < -0.4 is 0 Å². The summed E-state index contributed by atoms with van der Waals surface area (Å²) in [5.41, 5.74) is 0. The van der Waals surface area contributed by atoms with Gasteiger partial charge in [0.25, 0.3) is 0 Å². The molecule has 0 aromatic rings. The first-order valence-corrected chi connectivity index (χ1v) is 5.48. The van der Waals surface area contributed by atoms with Crippen molar-refractivity contribution in [1.29, 1.82) is 0 Å². The summed E-state index contributed by atoms with van der Waals surface area (Å²) in [6.45, 7) is 8.40. The van der Waals surface area contributed by atoms with E-state index in [0.29, 0.717) is 6.42 Å². The van der Waals surface area contributed by atoms with Gasteiger partial charge in [-0.3, -0.25) is 4.85 Å². The van der Waals surface area contributed by atoms with E-state index in [4.69, 9.17) is 6.57 Å². The van der Waals surface area contributed by atoms with Crippen molar-refractivity contribution >= 4 is 9.84 Å². The molecule has 0 heterocycles. The Labute approximate surface area is 68.2 Å². The van der Waals surface area contributed by atoms with Gasteiger partial charge in [0.2, 0.25) is 9.84 Å². The highest BCUT2D eigenvalue weighted by Gasteiger charge is 2.11. The van der Waals surface area contributed by atoms with Crippen molar-refractivity contribution in [2.24, 2.45) is 0 Å². The topological polar surface area (TPSA) is 38.5 Å². The van der Waals surface area contributed by atoms with Crippen molar-refractivity contribution in [3.05, 3.63) is 11.4 Å². The summed E-state index contributed by atoms with van der Waals surface area (Å²) in [4.78, 5) is 2.85. The zero-order valence-corrected chi connectivity index (χ0v) is 7.52. The average molecular weight is 175 g/mol. The first-order chi connectivity index (χ1) is 5.12. The van der Waals surface area contributed by atoms with E-state index < -0.39 is 9.84 Å². The molecule has 0 aromatic heterocycles. The van der Waals surface area contributed by atoms with E-state index in [2.05, 4.69) is 4.85 Å². The smallest absolute Gasteiger partial charge is 0.300 e. The lowest BCUT2D eigenvalue weighted by molar-refractivity contribution is 0.593. The van der Waals surface area contributed by atoms with Gasteiger partial charge in [0, 0.05) is 0 Å². The van der Waals surface area contributed by atoms with Gasteiger partial charge in [-0.25, -0.2) is 15.0 Å². The number of nitrogens with zero attached hydrogens (tertiary/aromatic N) is 1. The van der Waals surface area contributed by atoms with Gasteiger partial charge in [-0.15, -0.1) is 0 Å². The minimum absolute atomic E-state index is 0.170. The third-order valence-electron chi connectivity index (χ3n) is 1.32. The van der Waals surface area contributed by atoms with Gasteiger partial charge < -0.3 is 0 Å². The van der Waals surface area contributed by atoms with Gasteiger partial charge in [-0.2, -0.15) is 0 Å². The van der Waals surface area contributed by atoms with Gasteiger partial charge in [0.05, 0.1) is 5.75 Å². The van der Waals surface area contributed by atoms with Gasteiger partial charge in [-0.05, 0) is 6.42 Å². The first kappa shape index (κ1) is 10.4. The van der Waals surface area contributed by atoms with Gasteiger partial charge >= 0.3 is 5.88 Å². The molecule has 0 bridgehead atoms. The Morgan fingerprint density at radius 1 is 1.36 bits per heavy atom. The van der Waals surface area contributed by atoms with Crippen molar-refractivity contribution in [2.75, 3.05) is 11.6 Å². The summed E-state index contributed by atoms with van der Waals surface area (Å²) in [7, 11) is -3.06. The molecule has 0 radical (unpaired) electrons. The molecule has 0 aliphatic heterocycles. The van der Waals surface area contributed by atoms with Crippen LogP contribution in [-0.4, -0.2) is 20.0 Å². The van der Waals surface area contributed by atoms with E-state index in [1.165, 1.54) is 0 Å². The fourth-order valence-corrected chi connectivity index (χ4v) is 1.70. The molecule has 0 saturated heterocycles. The Bertz CT molecular complexity index is 225. The Kier molecular flexibility index (Phi) is 4.88. The van der Waals surface area contributed by atoms with Crippen molar-refractivity contribution in [3.63, 3.8) is 0 Å². The highest BCUT2D eigenvalue weighted by Crippen LogP contribution is 1.99. The molecule has 0 unspecified atom stereocenters. The molecule has 64 valence electrons. The zero-order chi connectivity index (χ0) is 8.74. The lowest BCUT2D eigenvalue weighted by Gasteiger charge is -1.95. The standard InChI is InChI=1S/C7H13NO2S/c1-3-4-5-6-11(9,10)7-8-2/h3-7H2,1H3. The summed E-state index contributed by atoms with van der Waals surface area (Å²) in [5.74, 6) is -0.181. The first-order valence-electron chi connectivity index (χ1n) is 3.66. The lowest BCUT2D eigenvalue weighted by Crippen LogP contribution is -2.08. The van der Waals surface area contributed by atoms with E-state index in [-0.39, 0.29) is 11.6 Å². The highest BCUT2D eigenvalue weighted by atomic mass is 32.2. The van der Waals surface area contributed by atoms with Crippen LogP contribution in [0.2, 0.25) is 0 Å². The highest BCUT2D eigenvalue weighted by molar-refractivity contribution is 7.91. The van der Waals surface area contributed by atoms with E-state index >= 15 is 0 Å². The minimum atomic E-state index is -3.06. The molecular weight excluding hydrogens is 162 g/mol. The van der Waals surface area contributed by atoms with Crippen LogP contribution in [0, 0.1) is 6.57 Å². The summed E-state index contributed by atoms with van der Waals surface area (Å²) >= 11 is 0. The average Bonchev–Trinajstić information content (AvgIpc) is 1.87. The predicted octanol–water partition coefficient (Wildman–Crippen LogP) is 1.47. The summed E-state index contributed by atoms with van der Waals surface area (Å²) in [5, 5.41) is 0. The van der Waals surface area contributed by atoms with Crippen LogP contribution in [0.15, 0.2) is 0 Å². The molecule has 11 heavy (non-hydrogen) atoms. The molecular formula is C7H13NO2S. The van der Waals surface area contributed by atoms with Crippen molar-refractivity contribution < 1.29 is 8.42 Å². The molecule has 3 nitrogen and oxygen atoms in total. The molecule has 0 aliphatic rings. The molecule has 4 heteroatoms. The normalized spacial score (nSPS) is 10.9. The maximum Gasteiger partial charge on any atom is 0.312 e. The van der Waals surface area contributed by atoms with Crippen LogP contribution in [0.4, 0.5) is 0 Å². The second kappa shape index (κ2) is 5.14. The van der Waals surface area contributed by atoms with Crippen LogP contribution in [0.5, 0.6) is 0 Å². The number of sulfone groups is 1. The monoisotopic (exact) mass is 175 g/mol. The van der Waals surface area contributed by atoms with E-state index in [1.54, 1.807) is 0 Å². The van der Waals surface area contributed by atoms with Crippen LogP contribution in [-0.2, 0) is 9.84 Å². The molecule has 0 aliphatic carbocycles. The van der Waals surface area contributed by atoms with Crippen molar-refractivity contribution in [2.45, 2.75) is 26.2 Å². The Hall–Kier alpha value is -0.560. The predicted molar refractivity (Wildman–Crippen MR) is 44.8 cm³/mol. The fraction of sp³-hybridized carbons (Fsp3) is 0.857. The van der Waals surface area contributed by atoms with Crippen LogP contribution in [0.1, 0.15) is 26.2 Å². The summed E-state index contributed by atoms with van der Waals surface area (Å²) in [6.07, 6.45) is 2.62. The zero-order valence-electron chi connectivity index (χ0n) is 6.71. The SMILES string of the molecule is [C-]#[N+]CS(=O)(=O)CCCCC. The van der Waals surface area contributed by atoms with Gasteiger partial charge in [-0.1, -0.05) is 19.8 Å². The van der Waals surface area contributed by atoms with Crippen LogP contribution in [0.3, 0.4) is 0 Å². The Morgan fingerprint density at radius 2 is 2.00 bits per heavy atom. The summed E-state index contributed by atoms with van der Waals surface area (Å²) < 4.78 is 21.8. The van der Waals surface area contributed by atoms with Crippen LogP contribution >= 0.6 is 0 Å². The Morgan fingerprint density at radius 3 is 2.45 bits per heavy atom. The lowest BCUT2D eigenvalue weighted by atomic mass is 10.3. The quantitative estimate of drug-likeness (QED) is 0.469. The molecule has 0 rings (SSSR count). The van der Waals surface area contributed by atoms with Crippen LogP contribution in [0.25, 0.3) is 4.85 Å².